The molecular formula is C24H24ClN3O5S. The number of nitrogens with two attached hydrogens (primary N) is 1. The van der Waals surface area contributed by atoms with Crippen LogP contribution in [-0.2, 0) is 10.0 Å². The Balaban J connectivity index is 1.61. The van der Waals surface area contributed by atoms with Crippen LogP contribution in [0.15, 0.2) is 72.8 Å². The molecule has 4 rings (SSSR count). The van der Waals surface area contributed by atoms with Crippen LogP contribution >= 0.6 is 11.6 Å². The maximum atomic E-state index is 13.3. The van der Waals surface area contributed by atoms with Crippen molar-refractivity contribution in [2.75, 3.05) is 30.9 Å². The van der Waals surface area contributed by atoms with E-state index in [-0.39, 0.29) is 24.4 Å². The van der Waals surface area contributed by atoms with Gasteiger partial charge < -0.3 is 14.4 Å². The molecule has 1 unspecified atom stereocenters. The Morgan fingerprint density at radius 1 is 1.00 bits per heavy atom. The van der Waals surface area contributed by atoms with Gasteiger partial charge in [-0.15, -0.1) is 0 Å². The minimum atomic E-state index is -3.71. The lowest BCUT2D eigenvalue weighted by Crippen LogP contribution is -2.36. The second-order valence-corrected chi connectivity index (χ2v) is 9.98. The Morgan fingerprint density at radius 2 is 1.65 bits per heavy atom. The SMILES string of the molecule is COc1cccc(C2CN(CCS(N)(=O)=O)C(=O)N2c2ccc(Oc3ccc(Cl)cc3)cc2)c1. The van der Waals surface area contributed by atoms with E-state index < -0.39 is 10.0 Å². The summed E-state index contributed by atoms with van der Waals surface area (Å²) < 4.78 is 34.1. The number of methoxy groups -OCH3 is 1. The van der Waals surface area contributed by atoms with Gasteiger partial charge in [-0.05, 0) is 66.2 Å². The van der Waals surface area contributed by atoms with Crippen LogP contribution in [0.5, 0.6) is 17.2 Å². The summed E-state index contributed by atoms with van der Waals surface area (Å²) in [6.45, 7) is 0.316. The lowest BCUT2D eigenvalue weighted by atomic mass is 10.1. The van der Waals surface area contributed by atoms with E-state index in [0.29, 0.717) is 34.5 Å². The van der Waals surface area contributed by atoms with Crippen LogP contribution in [0.2, 0.25) is 5.02 Å². The molecule has 2 amide bonds. The predicted molar refractivity (Wildman–Crippen MR) is 131 cm³/mol. The largest absolute Gasteiger partial charge is 0.497 e. The number of urea groups is 1. The van der Waals surface area contributed by atoms with E-state index in [2.05, 4.69) is 0 Å². The molecular weight excluding hydrogens is 478 g/mol. The average molecular weight is 502 g/mol. The fraction of sp³-hybridized carbons (Fsp3) is 0.208. The van der Waals surface area contributed by atoms with Gasteiger partial charge in [-0.25, -0.2) is 18.4 Å². The highest BCUT2D eigenvalue weighted by Crippen LogP contribution is 2.36. The van der Waals surface area contributed by atoms with Gasteiger partial charge in [0, 0.05) is 23.8 Å². The molecule has 0 saturated carbocycles. The minimum Gasteiger partial charge on any atom is -0.497 e. The molecule has 178 valence electrons. The van der Waals surface area contributed by atoms with Crippen molar-refractivity contribution < 1.29 is 22.7 Å². The molecule has 0 spiro atoms. The summed E-state index contributed by atoms with van der Waals surface area (Å²) in [6, 6.07) is 20.9. The number of carbonyl (C=O) groups excluding carboxylic acids is 1. The molecule has 0 radical (unpaired) electrons. The first-order chi connectivity index (χ1) is 16.2. The predicted octanol–water partition coefficient (Wildman–Crippen LogP) is 4.41. The fourth-order valence-corrected chi connectivity index (χ4v) is 4.39. The van der Waals surface area contributed by atoms with Gasteiger partial charge in [0.1, 0.15) is 17.2 Å². The summed E-state index contributed by atoms with van der Waals surface area (Å²) in [6.07, 6.45) is 0. The molecule has 1 aliphatic heterocycles. The Hall–Kier alpha value is -3.27. The number of halogens is 1. The molecule has 0 bridgehead atoms. The number of rotatable bonds is 8. The topological polar surface area (TPSA) is 102 Å². The van der Waals surface area contributed by atoms with Crippen LogP contribution in [0.1, 0.15) is 11.6 Å². The number of sulfonamides is 1. The normalized spacial score (nSPS) is 16.1. The lowest BCUT2D eigenvalue weighted by molar-refractivity contribution is 0.223. The Morgan fingerprint density at radius 3 is 2.26 bits per heavy atom. The van der Waals surface area contributed by atoms with Gasteiger partial charge in [-0.2, -0.15) is 0 Å². The Bertz CT molecular complexity index is 1270. The maximum Gasteiger partial charge on any atom is 0.325 e. The highest BCUT2D eigenvalue weighted by atomic mass is 35.5. The summed E-state index contributed by atoms with van der Waals surface area (Å²) in [5.74, 6) is 1.59. The van der Waals surface area contributed by atoms with E-state index in [0.717, 1.165) is 5.56 Å². The maximum absolute atomic E-state index is 13.3. The van der Waals surface area contributed by atoms with Crippen LogP contribution in [0.25, 0.3) is 0 Å². The monoisotopic (exact) mass is 501 g/mol. The van der Waals surface area contributed by atoms with Crippen molar-refractivity contribution in [1.29, 1.82) is 0 Å². The van der Waals surface area contributed by atoms with Crippen LogP contribution in [0.4, 0.5) is 10.5 Å². The number of primary sulfonamides is 1. The second kappa shape index (κ2) is 9.92. The summed E-state index contributed by atoms with van der Waals surface area (Å²) in [4.78, 5) is 16.4. The first kappa shape index (κ1) is 23.9. The van der Waals surface area contributed by atoms with Crippen molar-refractivity contribution in [3.63, 3.8) is 0 Å². The standard InChI is InChI=1S/C24H24ClN3O5S/c1-32-22-4-2-3-17(15-22)23-16-27(13-14-34(26,30)31)24(29)28(23)19-7-11-21(12-8-19)33-20-9-5-18(25)6-10-20/h2-12,15,23H,13-14,16H2,1H3,(H2,26,30,31). The van der Waals surface area contributed by atoms with Gasteiger partial charge in [0.2, 0.25) is 10.0 Å². The molecule has 10 heteroatoms. The van der Waals surface area contributed by atoms with E-state index in [1.54, 1.807) is 60.5 Å². The summed E-state index contributed by atoms with van der Waals surface area (Å²) in [5, 5.41) is 5.78. The molecule has 0 aromatic heterocycles. The summed E-state index contributed by atoms with van der Waals surface area (Å²) in [7, 11) is -2.13. The number of anilines is 1. The van der Waals surface area contributed by atoms with Crippen LogP contribution in [-0.4, -0.2) is 45.3 Å². The third kappa shape index (κ3) is 5.61. The number of hydrogen-bond acceptors (Lipinski definition) is 5. The van der Waals surface area contributed by atoms with Crippen molar-refractivity contribution in [2.24, 2.45) is 5.14 Å². The fourth-order valence-electron chi connectivity index (χ4n) is 3.79. The summed E-state index contributed by atoms with van der Waals surface area (Å²) in [5.41, 5.74) is 1.52. The molecule has 3 aromatic rings. The van der Waals surface area contributed by atoms with Gasteiger partial charge in [0.15, 0.2) is 0 Å². The van der Waals surface area contributed by atoms with Crippen LogP contribution < -0.4 is 19.5 Å². The van der Waals surface area contributed by atoms with E-state index in [1.807, 2.05) is 24.3 Å². The van der Waals surface area contributed by atoms with E-state index >= 15 is 0 Å². The van der Waals surface area contributed by atoms with Gasteiger partial charge >= 0.3 is 6.03 Å². The zero-order valence-corrected chi connectivity index (χ0v) is 20.0. The van der Waals surface area contributed by atoms with Gasteiger partial charge in [-0.3, -0.25) is 4.90 Å². The lowest BCUT2D eigenvalue weighted by Gasteiger charge is -2.24. The third-order valence-corrected chi connectivity index (χ3v) is 6.47. The van der Waals surface area contributed by atoms with E-state index in [4.69, 9.17) is 26.2 Å². The smallest absolute Gasteiger partial charge is 0.325 e. The summed E-state index contributed by atoms with van der Waals surface area (Å²) >= 11 is 5.92. The molecule has 1 fully saturated rings. The average Bonchev–Trinajstić information content (AvgIpc) is 3.15. The van der Waals surface area contributed by atoms with Crippen molar-refractivity contribution in [2.45, 2.75) is 6.04 Å². The zero-order valence-electron chi connectivity index (χ0n) is 18.4. The molecule has 1 aliphatic rings. The minimum absolute atomic E-state index is 0.00635. The number of amides is 2. The van der Waals surface area contributed by atoms with Gasteiger partial charge in [0.25, 0.3) is 0 Å². The number of carbonyl (C=O) groups is 1. The van der Waals surface area contributed by atoms with Crippen molar-refractivity contribution >= 4 is 33.3 Å². The first-order valence-electron chi connectivity index (χ1n) is 10.5. The highest BCUT2D eigenvalue weighted by Gasteiger charge is 2.39. The molecule has 1 saturated heterocycles. The first-order valence-corrected chi connectivity index (χ1v) is 12.6. The van der Waals surface area contributed by atoms with Crippen molar-refractivity contribution in [1.82, 2.24) is 4.90 Å². The molecule has 8 nitrogen and oxygen atoms in total. The van der Waals surface area contributed by atoms with Gasteiger partial charge in [0.05, 0.1) is 18.9 Å². The number of benzene rings is 3. The zero-order chi connectivity index (χ0) is 24.3. The van der Waals surface area contributed by atoms with Crippen molar-refractivity contribution in [3.8, 4) is 17.2 Å². The third-order valence-electron chi connectivity index (χ3n) is 5.47. The Labute approximate surface area is 203 Å². The molecule has 34 heavy (non-hydrogen) atoms. The van der Waals surface area contributed by atoms with E-state index in [9.17, 15) is 13.2 Å². The Kier molecular flexibility index (Phi) is 6.97. The van der Waals surface area contributed by atoms with Crippen LogP contribution in [0, 0.1) is 0 Å². The highest BCUT2D eigenvalue weighted by molar-refractivity contribution is 7.89. The molecule has 2 N–H and O–H groups in total. The quantitative estimate of drug-likeness (QED) is 0.492. The van der Waals surface area contributed by atoms with Gasteiger partial charge in [-0.1, -0.05) is 23.7 Å². The van der Waals surface area contributed by atoms with E-state index in [1.165, 1.54) is 4.90 Å². The second-order valence-electron chi connectivity index (χ2n) is 7.81. The molecule has 3 aromatic carbocycles. The molecule has 0 aliphatic carbocycles. The van der Waals surface area contributed by atoms with Crippen LogP contribution in [0.3, 0.4) is 0 Å². The van der Waals surface area contributed by atoms with Crippen molar-refractivity contribution in [3.05, 3.63) is 83.4 Å². The molecule has 1 heterocycles. The molecule has 1 atom stereocenters. The number of hydrogen-bond donors (Lipinski definition) is 1. The number of nitrogens with zero attached hydrogens (tertiary/aromatic N) is 2. The number of ether oxygens (including phenoxy) is 2.